The van der Waals surface area contributed by atoms with Crippen LogP contribution in [0.1, 0.15) is 51.9 Å². The Bertz CT molecular complexity index is 464. The molecule has 3 aliphatic heterocycles. The molecule has 5 rings (SSSR count). The van der Waals surface area contributed by atoms with Crippen LogP contribution in [0.15, 0.2) is 0 Å². The van der Waals surface area contributed by atoms with Crippen LogP contribution >= 0.6 is 0 Å². The number of amides is 3. The molecule has 6 nitrogen and oxygen atoms in total. The number of ether oxygens (including phenoxy) is 1. The van der Waals surface area contributed by atoms with E-state index in [1.165, 1.54) is 19.3 Å². The largest absolute Gasteiger partial charge is 0.352 e. The number of nitrogens with one attached hydrogen (secondary N) is 2. The molecule has 0 aromatic heterocycles. The summed E-state index contributed by atoms with van der Waals surface area (Å²) >= 11 is 0. The van der Waals surface area contributed by atoms with Crippen LogP contribution in [0.3, 0.4) is 0 Å². The van der Waals surface area contributed by atoms with E-state index in [1.54, 1.807) is 6.92 Å². The smallest absolute Gasteiger partial charge is 0.317 e. The van der Waals surface area contributed by atoms with Gasteiger partial charge in [-0.25, -0.2) is 4.79 Å². The monoisotopic (exact) mass is 321 g/mol. The minimum atomic E-state index is -0.418. The highest BCUT2D eigenvalue weighted by Crippen LogP contribution is 2.51. The molecule has 2 saturated carbocycles. The SMILES string of the molecule is CC(=O)N1CCC(NC(=O)N[C@]23CC4CC(C[C@H](C4)O2)C3)CC1. The van der Waals surface area contributed by atoms with Gasteiger partial charge >= 0.3 is 6.03 Å². The maximum Gasteiger partial charge on any atom is 0.317 e. The van der Waals surface area contributed by atoms with E-state index in [9.17, 15) is 9.59 Å². The van der Waals surface area contributed by atoms with Gasteiger partial charge in [-0.1, -0.05) is 0 Å². The maximum atomic E-state index is 12.4. The standard InChI is InChI=1S/C17H27N3O3/c1-11(21)20-4-2-14(3-5-20)18-16(22)19-17-9-12-6-13(10-17)8-15(7-12)23-17/h12-15H,2-10H2,1H3,(H2,18,19,22)/t12?,13?,15-,17+. The Hall–Kier alpha value is -1.30. The van der Waals surface area contributed by atoms with Crippen LogP contribution in [-0.4, -0.2) is 47.8 Å². The predicted octanol–water partition coefficient (Wildman–Crippen LogP) is 1.60. The summed E-state index contributed by atoms with van der Waals surface area (Å²) in [4.78, 5) is 25.6. The molecule has 5 aliphatic rings. The summed E-state index contributed by atoms with van der Waals surface area (Å²) in [6, 6.07) is 0.0488. The number of hydrogen-bond donors (Lipinski definition) is 2. The van der Waals surface area contributed by atoms with E-state index in [2.05, 4.69) is 10.6 Å². The van der Waals surface area contributed by atoms with Gasteiger partial charge in [0.1, 0.15) is 5.72 Å². The first kappa shape index (κ1) is 15.2. The molecule has 0 aromatic rings. The Morgan fingerprint density at radius 3 is 2.30 bits per heavy atom. The molecule has 3 saturated heterocycles. The highest BCUT2D eigenvalue weighted by Gasteiger charge is 2.52. The highest BCUT2D eigenvalue weighted by molar-refractivity contribution is 5.75. The lowest BCUT2D eigenvalue weighted by atomic mass is 9.65. The van der Waals surface area contributed by atoms with Crippen LogP contribution in [-0.2, 0) is 9.53 Å². The van der Waals surface area contributed by atoms with E-state index in [4.69, 9.17) is 4.74 Å². The Morgan fingerprint density at radius 2 is 1.74 bits per heavy atom. The van der Waals surface area contributed by atoms with Crippen LogP contribution in [0.2, 0.25) is 0 Å². The van der Waals surface area contributed by atoms with Gasteiger partial charge in [-0.2, -0.15) is 0 Å². The number of carbonyl (C=O) groups is 2. The summed E-state index contributed by atoms with van der Waals surface area (Å²) in [5.74, 6) is 1.57. The van der Waals surface area contributed by atoms with Gasteiger partial charge in [0.05, 0.1) is 6.10 Å². The zero-order valence-corrected chi connectivity index (χ0v) is 13.8. The van der Waals surface area contributed by atoms with Crippen molar-refractivity contribution in [3.63, 3.8) is 0 Å². The van der Waals surface area contributed by atoms with E-state index in [0.717, 1.165) is 50.6 Å². The molecule has 23 heavy (non-hydrogen) atoms. The maximum absolute atomic E-state index is 12.4. The van der Waals surface area contributed by atoms with Gasteiger partial charge in [-0.3, -0.25) is 4.79 Å². The summed E-state index contributed by atoms with van der Waals surface area (Å²) < 4.78 is 6.19. The molecule has 6 heteroatoms. The van der Waals surface area contributed by atoms with Crippen molar-refractivity contribution >= 4 is 11.9 Å². The van der Waals surface area contributed by atoms with Gasteiger partial charge in [-0.05, 0) is 56.8 Å². The molecule has 2 atom stereocenters. The summed E-state index contributed by atoms with van der Waals surface area (Å²) in [7, 11) is 0. The number of urea groups is 1. The lowest BCUT2D eigenvalue weighted by Crippen LogP contribution is -2.65. The fourth-order valence-electron chi connectivity index (χ4n) is 5.26. The van der Waals surface area contributed by atoms with Gasteiger partial charge in [0.2, 0.25) is 5.91 Å². The molecule has 128 valence electrons. The average Bonchev–Trinajstić information content (AvgIpc) is 2.45. The molecule has 2 N–H and O–H groups in total. The van der Waals surface area contributed by atoms with Crippen molar-refractivity contribution in [3.05, 3.63) is 0 Å². The van der Waals surface area contributed by atoms with E-state index in [1.807, 2.05) is 4.90 Å². The Labute approximate surface area is 137 Å². The Balaban J connectivity index is 1.30. The van der Waals surface area contributed by atoms with Crippen molar-refractivity contribution in [3.8, 4) is 0 Å². The molecule has 0 spiro atoms. The number of piperidine rings is 1. The molecule has 3 heterocycles. The zero-order valence-electron chi connectivity index (χ0n) is 13.8. The molecule has 4 bridgehead atoms. The third kappa shape index (κ3) is 3.05. The molecule has 2 aliphatic carbocycles. The van der Waals surface area contributed by atoms with E-state index >= 15 is 0 Å². The lowest BCUT2D eigenvalue weighted by molar-refractivity contribution is -0.228. The van der Waals surface area contributed by atoms with Crippen molar-refractivity contribution in [1.29, 1.82) is 0 Å². The van der Waals surface area contributed by atoms with E-state index < -0.39 is 5.72 Å². The molecule has 0 radical (unpaired) electrons. The van der Waals surface area contributed by atoms with Gasteiger partial charge in [0.25, 0.3) is 0 Å². The Kier molecular flexibility index (Phi) is 3.75. The quantitative estimate of drug-likeness (QED) is 0.811. The second-order valence-corrected chi connectivity index (χ2v) is 7.96. The van der Waals surface area contributed by atoms with E-state index in [0.29, 0.717) is 6.10 Å². The van der Waals surface area contributed by atoms with Gasteiger partial charge in [0, 0.05) is 26.1 Å². The third-order valence-corrected chi connectivity index (χ3v) is 6.11. The summed E-state index contributed by atoms with van der Waals surface area (Å²) in [6.07, 6.45) is 7.60. The van der Waals surface area contributed by atoms with Crippen molar-refractivity contribution in [2.45, 2.75) is 69.7 Å². The molecule has 2 unspecified atom stereocenters. The summed E-state index contributed by atoms with van der Waals surface area (Å²) in [6.45, 7) is 3.06. The number of nitrogens with zero attached hydrogens (tertiary/aromatic N) is 1. The number of rotatable bonds is 2. The summed E-state index contributed by atoms with van der Waals surface area (Å²) in [5.41, 5.74) is -0.418. The molecule has 3 amide bonds. The molecular formula is C17H27N3O3. The first-order valence-electron chi connectivity index (χ1n) is 9.03. The highest BCUT2D eigenvalue weighted by atomic mass is 16.5. The Morgan fingerprint density at radius 1 is 1.09 bits per heavy atom. The van der Waals surface area contributed by atoms with Crippen molar-refractivity contribution in [1.82, 2.24) is 15.5 Å². The van der Waals surface area contributed by atoms with Gasteiger partial charge in [-0.15, -0.1) is 0 Å². The normalized spacial score (nSPS) is 39.3. The molecular weight excluding hydrogens is 294 g/mol. The third-order valence-electron chi connectivity index (χ3n) is 6.11. The second-order valence-electron chi connectivity index (χ2n) is 7.96. The van der Waals surface area contributed by atoms with Crippen molar-refractivity contribution in [2.75, 3.05) is 13.1 Å². The first-order valence-corrected chi connectivity index (χ1v) is 9.03. The fourth-order valence-corrected chi connectivity index (χ4v) is 5.26. The zero-order chi connectivity index (χ0) is 16.0. The topological polar surface area (TPSA) is 70.7 Å². The van der Waals surface area contributed by atoms with Crippen LogP contribution in [0.25, 0.3) is 0 Å². The van der Waals surface area contributed by atoms with Crippen molar-refractivity contribution in [2.24, 2.45) is 11.8 Å². The van der Waals surface area contributed by atoms with Gasteiger partial charge in [0.15, 0.2) is 0 Å². The lowest BCUT2D eigenvalue weighted by Gasteiger charge is -2.56. The minimum Gasteiger partial charge on any atom is -0.352 e. The predicted molar refractivity (Wildman–Crippen MR) is 84.6 cm³/mol. The number of carbonyl (C=O) groups excluding carboxylic acids is 2. The second kappa shape index (κ2) is 5.65. The van der Waals surface area contributed by atoms with Crippen LogP contribution in [0, 0.1) is 11.8 Å². The van der Waals surface area contributed by atoms with Crippen LogP contribution in [0.5, 0.6) is 0 Å². The molecule has 0 aromatic carbocycles. The average molecular weight is 321 g/mol. The first-order chi connectivity index (χ1) is 11.0. The van der Waals surface area contributed by atoms with Crippen molar-refractivity contribution < 1.29 is 14.3 Å². The molecule has 5 fully saturated rings. The minimum absolute atomic E-state index is 0.103. The fraction of sp³-hybridized carbons (Fsp3) is 0.882. The summed E-state index contributed by atoms with van der Waals surface area (Å²) in [5, 5.41) is 6.24. The number of hydrogen-bond acceptors (Lipinski definition) is 3. The van der Waals surface area contributed by atoms with Crippen LogP contribution in [0.4, 0.5) is 4.79 Å². The van der Waals surface area contributed by atoms with Crippen LogP contribution < -0.4 is 10.6 Å². The number of likely N-dealkylation sites (tertiary alicyclic amines) is 1. The van der Waals surface area contributed by atoms with E-state index in [-0.39, 0.29) is 18.0 Å². The van der Waals surface area contributed by atoms with Gasteiger partial charge < -0.3 is 20.3 Å².